The van der Waals surface area contributed by atoms with Gasteiger partial charge < -0.3 is 18.9 Å². The third-order valence-electron chi connectivity index (χ3n) is 3.98. The summed E-state index contributed by atoms with van der Waals surface area (Å²) in [5, 5.41) is 0. The Balaban J connectivity index is 1.39. The van der Waals surface area contributed by atoms with E-state index in [0.29, 0.717) is 17.2 Å². The molecule has 1 aliphatic rings. The normalized spacial score (nSPS) is 14.6. The van der Waals surface area contributed by atoms with E-state index >= 15 is 0 Å². The van der Waals surface area contributed by atoms with Crippen molar-refractivity contribution < 1.29 is 33.3 Å². The summed E-state index contributed by atoms with van der Waals surface area (Å²) in [4.78, 5) is 35.6. The van der Waals surface area contributed by atoms with Crippen LogP contribution in [0.1, 0.15) is 5.56 Å². The SMILES string of the molecule is COc1cccc(/C=C/C(=O)OCC(=O)NNC(=O)C2COc3ccccc3O2)c1. The Hall–Kier alpha value is -4.01. The monoisotopic (exact) mass is 412 g/mol. The number of esters is 1. The maximum atomic E-state index is 12.1. The van der Waals surface area contributed by atoms with Crippen LogP contribution in [0.4, 0.5) is 0 Å². The largest absolute Gasteiger partial charge is 0.497 e. The first-order chi connectivity index (χ1) is 14.5. The molecular weight excluding hydrogens is 392 g/mol. The number of carbonyl (C=O) groups is 3. The van der Waals surface area contributed by atoms with Crippen molar-refractivity contribution in [1.82, 2.24) is 10.9 Å². The molecule has 0 radical (unpaired) electrons. The van der Waals surface area contributed by atoms with E-state index in [-0.39, 0.29) is 6.61 Å². The minimum atomic E-state index is -0.923. The second-order valence-electron chi connectivity index (χ2n) is 6.12. The predicted molar refractivity (Wildman–Crippen MR) is 106 cm³/mol. The summed E-state index contributed by atoms with van der Waals surface area (Å²) in [5.41, 5.74) is 5.10. The van der Waals surface area contributed by atoms with Gasteiger partial charge in [-0.2, -0.15) is 0 Å². The number of hydrogen-bond acceptors (Lipinski definition) is 7. The number of hydrazine groups is 1. The third kappa shape index (κ3) is 5.74. The van der Waals surface area contributed by atoms with Gasteiger partial charge in [-0.15, -0.1) is 0 Å². The standard InChI is InChI=1S/C21H20N2O7/c1-27-15-6-4-5-14(11-15)9-10-20(25)29-13-19(24)22-23-21(26)18-12-28-16-7-2-3-8-17(16)30-18/h2-11,18H,12-13H2,1H3,(H,22,24)(H,23,26)/b10-9+. The predicted octanol–water partition coefficient (Wildman–Crippen LogP) is 1.24. The summed E-state index contributed by atoms with van der Waals surface area (Å²) in [5.74, 6) is -0.381. The first-order valence-electron chi connectivity index (χ1n) is 9.01. The number of rotatable bonds is 6. The Bertz CT molecular complexity index is 958. The van der Waals surface area contributed by atoms with E-state index in [1.807, 2.05) is 0 Å². The summed E-state index contributed by atoms with van der Waals surface area (Å²) in [6.45, 7) is -0.560. The lowest BCUT2D eigenvalue weighted by Gasteiger charge is -2.25. The van der Waals surface area contributed by atoms with Gasteiger partial charge in [0.1, 0.15) is 12.4 Å². The lowest BCUT2D eigenvalue weighted by Crippen LogP contribution is -2.51. The zero-order valence-electron chi connectivity index (χ0n) is 16.1. The van der Waals surface area contributed by atoms with Crippen molar-refractivity contribution in [3.05, 3.63) is 60.2 Å². The lowest BCUT2D eigenvalue weighted by atomic mass is 10.2. The molecule has 1 heterocycles. The van der Waals surface area contributed by atoms with E-state index in [0.717, 1.165) is 5.56 Å². The molecule has 0 spiro atoms. The van der Waals surface area contributed by atoms with Gasteiger partial charge in [-0.25, -0.2) is 4.79 Å². The number of methoxy groups -OCH3 is 1. The molecule has 156 valence electrons. The van der Waals surface area contributed by atoms with E-state index in [9.17, 15) is 14.4 Å². The van der Waals surface area contributed by atoms with Crippen molar-refractivity contribution in [1.29, 1.82) is 0 Å². The van der Waals surface area contributed by atoms with Crippen LogP contribution in [0.5, 0.6) is 17.2 Å². The molecule has 0 fully saturated rings. The summed E-state index contributed by atoms with van der Waals surface area (Å²) < 4.78 is 20.9. The first kappa shape index (κ1) is 20.7. The number of carbonyl (C=O) groups excluding carboxylic acids is 3. The van der Waals surface area contributed by atoms with E-state index in [2.05, 4.69) is 10.9 Å². The quantitative estimate of drug-likeness (QED) is 0.417. The molecule has 1 unspecified atom stereocenters. The number of hydrogen-bond donors (Lipinski definition) is 2. The number of ether oxygens (including phenoxy) is 4. The van der Waals surface area contributed by atoms with Gasteiger partial charge in [-0.05, 0) is 35.9 Å². The number of para-hydroxylation sites is 2. The maximum absolute atomic E-state index is 12.1. The molecule has 3 rings (SSSR count). The minimum absolute atomic E-state index is 0.00275. The number of amides is 2. The van der Waals surface area contributed by atoms with Crippen molar-refractivity contribution in [3.63, 3.8) is 0 Å². The molecule has 0 saturated carbocycles. The fourth-order valence-corrected chi connectivity index (χ4v) is 2.49. The molecule has 1 aliphatic heterocycles. The molecule has 9 heteroatoms. The Morgan fingerprint density at radius 1 is 1.10 bits per heavy atom. The van der Waals surface area contributed by atoms with Crippen molar-refractivity contribution in [2.45, 2.75) is 6.10 Å². The highest BCUT2D eigenvalue weighted by Gasteiger charge is 2.27. The molecule has 2 N–H and O–H groups in total. The molecule has 9 nitrogen and oxygen atoms in total. The van der Waals surface area contributed by atoms with Gasteiger partial charge in [0.15, 0.2) is 18.1 Å². The average molecular weight is 412 g/mol. The van der Waals surface area contributed by atoms with E-state index in [1.165, 1.54) is 12.2 Å². The Morgan fingerprint density at radius 2 is 1.90 bits per heavy atom. The second kappa shape index (κ2) is 9.97. The van der Waals surface area contributed by atoms with Gasteiger partial charge in [-0.1, -0.05) is 24.3 Å². The maximum Gasteiger partial charge on any atom is 0.331 e. The molecule has 2 aromatic rings. The van der Waals surface area contributed by atoms with Gasteiger partial charge in [0.2, 0.25) is 6.10 Å². The van der Waals surface area contributed by atoms with Crippen LogP contribution in [0.15, 0.2) is 54.6 Å². The van der Waals surface area contributed by atoms with Crippen LogP contribution in [0.2, 0.25) is 0 Å². The van der Waals surface area contributed by atoms with E-state index in [1.54, 1.807) is 55.6 Å². The molecule has 2 amide bonds. The van der Waals surface area contributed by atoms with Gasteiger partial charge in [-0.3, -0.25) is 20.4 Å². The lowest BCUT2D eigenvalue weighted by molar-refractivity contribution is -0.145. The Morgan fingerprint density at radius 3 is 2.70 bits per heavy atom. The molecule has 1 atom stereocenters. The zero-order valence-corrected chi connectivity index (χ0v) is 16.1. The average Bonchev–Trinajstić information content (AvgIpc) is 2.79. The van der Waals surface area contributed by atoms with Crippen molar-refractivity contribution in [2.75, 3.05) is 20.3 Å². The minimum Gasteiger partial charge on any atom is -0.497 e. The topological polar surface area (TPSA) is 112 Å². The molecule has 30 heavy (non-hydrogen) atoms. The van der Waals surface area contributed by atoms with Crippen LogP contribution < -0.4 is 25.1 Å². The smallest absolute Gasteiger partial charge is 0.331 e. The molecule has 0 saturated heterocycles. The number of nitrogens with one attached hydrogen (secondary N) is 2. The Labute approximate surface area is 172 Å². The van der Waals surface area contributed by atoms with E-state index in [4.69, 9.17) is 18.9 Å². The highest BCUT2D eigenvalue weighted by Crippen LogP contribution is 2.30. The molecule has 0 bridgehead atoms. The van der Waals surface area contributed by atoms with Crippen LogP contribution in [0, 0.1) is 0 Å². The highest BCUT2D eigenvalue weighted by atomic mass is 16.6. The number of benzene rings is 2. The van der Waals surface area contributed by atoms with Crippen molar-refractivity contribution in [3.8, 4) is 17.2 Å². The zero-order chi connectivity index (χ0) is 21.3. The van der Waals surface area contributed by atoms with Gasteiger partial charge >= 0.3 is 5.97 Å². The molecular formula is C21H20N2O7. The van der Waals surface area contributed by atoms with Gasteiger partial charge in [0.05, 0.1) is 7.11 Å². The summed E-state index contributed by atoms with van der Waals surface area (Å²) in [6.07, 6.45) is 1.79. The summed E-state index contributed by atoms with van der Waals surface area (Å²) >= 11 is 0. The fourth-order valence-electron chi connectivity index (χ4n) is 2.49. The van der Waals surface area contributed by atoms with Crippen LogP contribution >= 0.6 is 0 Å². The first-order valence-corrected chi connectivity index (χ1v) is 9.01. The van der Waals surface area contributed by atoms with Gasteiger partial charge in [0, 0.05) is 6.08 Å². The number of fused-ring (bicyclic) bond motifs is 1. The fraction of sp³-hybridized carbons (Fsp3) is 0.190. The van der Waals surface area contributed by atoms with Crippen LogP contribution in [-0.2, 0) is 19.1 Å². The van der Waals surface area contributed by atoms with Crippen LogP contribution in [0.3, 0.4) is 0 Å². The highest BCUT2D eigenvalue weighted by molar-refractivity contribution is 5.90. The van der Waals surface area contributed by atoms with Gasteiger partial charge in [0.25, 0.3) is 11.8 Å². The Kier molecular flexibility index (Phi) is 6.88. The van der Waals surface area contributed by atoms with E-state index < -0.39 is 30.5 Å². The summed E-state index contributed by atoms with van der Waals surface area (Å²) in [7, 11) is 1.54. The second-order valence-corrected chi connectivity index (χ2v) is 6.12. The molecule has 0 aliphatic carbocycles. The third-order valence-corrected chi connectivity index (χ3v) is 3.98. The van der Waals surface area contributed by atoms with Crippen LogP contribution in [0.25, 0.3) is 6.08 Å². The van der Waals surface area contributed by atoms with Crippen molar-refractivity contribution in [2.24, 2.45) is 0 Å². The summed E-state index contributed by atoms with van der Waals surface area (Å²) in [6, 6.07) is 14.0. The molecule has 2 aromatic carbocycles. The molecule has 0 aromatic heterocycles. The van der Waals surface area contributed by atoms with Crippen LogP contribution in [-0.4, -0.2) is 44.2 Å². The van der Waals surface area contributed by atoms with Crippen molar-refractivity contribution >= 4 is 23.9 Å².